The van der Waals surface area contributed by atoms with Crippen molar-refractivity contribution in [2.24, 2.45) is 0 Å². The largest absolute Gasteiger partial charge is 0.353 e. The number of hydrogen-bond donors (Lipinski definition) is 1. The number of nitrogens with one attached hydrogen (secondary N) is 1. The van der Waals surface area contributed by atoms with Crippen LogP contribution in [0.5, 0.6) is 0 Å². The van der Waals surface area contributed by atoms with E-state index in [-0.39, 0.29) is 11.8 Å². The van der Waals surface area contributed by atoms with Gasteiger partial charge < -0.3 is 19.7 Å². The molecule has 8 heteroatoms. The topological polar surface area (TPSA) is 83.4 Å². The van der Waals surface area contributed by atoms with E-state index in [9.17, 15) is 9.59 Å². The number of nitrogens with zero attached hydrogens (tertiary/aromatic N) is 5. The van der Waals surface area contributed by atoms with E-state index < -0.39 is 0 Å². The zero-order valence-electron chi connectivity index (χ0n) is 19.0. The SMILES string of the molecule is Cc1ccccc1CC(=O)N1CCN(c2ccc(C(=O)NCCCn3ccnc3)cn2)CC1. The van der Waals surface area contributed by atoms with Crippen LogP contribution in [-0.4, -0.2) is 64.0 Å². The molecule has 0 spiro atoms. The second-order valence-electron chi connectivity index (χ2n) is 8.29. The molecule has 33 heavy (non-hydrogen) atoms. The van der Waals surface area contributed by atoms with Crippen molar-refractivity contribution in [2.75, 3.05) is 37.6 Å². The minimum atomic E-state index is -0.119. The first-order valence-corrected chi connectivity index (χ1v) is 11.4. The monoisotopic (exact) mass is 446 g/mol. The Kier molecular flexibility index (Phi) is 7.34. The van der Waals surface area contributed by atoms with Crippen molar-refractivity contribution in [1.29, 1.82) is 0 Å². The van der Waals surface area contributed by atoms with Crippen LogP contribution in [0.1, 0.15) is 27.9 Å². The van der Waals surface area contributed by atoms with E-state index in [0.717, 1.165) is 43.0 Å². The number of piperazine rings is 1. The van der Waals surface area contributed by atoms with Crippen molar-refractivity contribution in [3.05, 3.63) is 78.0 Å². The minimum absolute atomic E-state index is 0.119. The molecule has 1 aromatic carbocycles. The molecule has 1 fully saturated rings. The Morgan fingerprint density at radius 1 is 1.06 bits per heavy atom. The van der Waals surface area contributed by atoms with E-state index in [1.165, 1.54) is 0 Å². The number of hydrogen-bond acceptors (Lipinski definition) is 5. The van der Waals surface area contributed by atoms with Gasteiger partial charge in [-0.25, -0.2) is 9.97 Å². The van der Waals surface area contributed by atoms with Gasteiger partial charge in [-0.3, -0.25) is 9.59 Å². The van der Waals surface area contributed by atoms with Crippen molar-refractivity contribution in [2.45, 2.75) is 26.3 Å². The summed E-state index contributed by atoms with van der Waals surface area (Å²) >= 11 is 0. The van der Waals surface area contributed by atoms with Crippen molar-refractivity contribution in [3.8, 4) is 0 Å². The molecule has 1 saturated heterocycles. The van der Waals surface area contributed by atoms with E-state index in [1.54, 1.807) is 18.7 Å². The molecule has 2 aromatic heterocycles. The Labute approximate surface area is 194 Å². The highest BCUT2D eigenvalue weighted by atomic mass is 16.2. The molecule has 4 rings (SSSR count). The molecule has 1 N–H and O–H groups in total. The average molecular weight is 447 g/mol. The lowest BCUT2D eigenvalue weighted by Gasteiger charge is -2.35. The van der Waals surface area contributed by atoms with Crippen LogP contribution in [0.4, 0.5) is 5.82 Å². The number of aromatic nitrogens is 3. The highest BCUT2D eigenvalue weighted by Crippen LogP contribution is 2.16. The molecule has 3 heterocycles. The maximum Gasteiger partial charge on any atom is 0.252 e. The van der Waals surface area contributed by atoms with E-state index in [0.29, 0.717) is 31.6 Å². The van der Waals surface area contributed by atoms with Gasteiger partial charge in [0.15, 0.2) is 0 Å². The Morgan fingerprint density at radius 2 is 1.88 bits per heavy atom. The highest BCUT2D eigenvalue weighted by Gasteiger charge is 2.22. The summed E-state index contributed by atoms with van der Waals surface area (Å²) in [6, 6.07) is 11.7. The maximum absolute atomic E-state index is 12.7. The number of carbonyl (C=O) groups is 2. The number of anilines is 1. The third-order valence-corrected chi connectivity index (χ3v) is 6.01. The molecule has 8 nitrogen and oxygen atoms in total. The first-order chi connectivity index (χ1) is 16.1. The predicted molar refractivity (Wildman–Crippen MR) is 127 cm³/mol. The summed E-state index contributed by atoms with van der Waals surface area (Å²) in [7, 11) is 0. The molecule has 2 amide bonds. The second kappa shape index (κ2) is 10.8. The zero-order chi connectivity index (χ0) is 23.0. The summed E-state index contributed by atoms with van der Waals surface area (Å²) in [5.74, 6) is 0.876. The van der Waals surface area contributed by atoms with Gasteiger partial charge in [-0.1, -0.05) is 24.3 Å². The van der Waals surface area contributed by atoms with Gasteiger partial charge in [0, 0.05) is 57.9 Å². The number of carbonyl (C=O) groups excluding carboxylic acids is 2. The molecule has 0 aliphatic carbocycles. The Bertz CT molecular complexity index is 1060. The Hall–Kier alpha value is -3.68. The Balaban J connectivity index is 1.22. The molecule has 3 aromatic rings. The standard InChI is InChI=1S/C25H30N6O2/c1-20-5-2-3-6-21(20)17-24(32)31-15-13-30(14-16-31)23-8-7-22(18-28-23)25(33)27-9-4-11-29-12-10-26-19-29/h2-3,5-8,10,12,18-19H,4,9,11,13-17H2,1H3,(H,27,33). The van der Waals surface area contributed by atoms with Gasteiger partial charge in [-0.2, -0.15) is 0 Å². The van der Waals surface area contributed by atoms with E-state index >= 15 is 0 Å². The molecule has 172 valence electrons. The summed E-state index contributed by atoms with van der Waals surface area (Å²) in [6.45, 7) is 6.25. The number of pyridine rings is 1. The first-order valence-electron chi connectivity index (χ1n) is 11.4. The summed E-state index contributed by atoms with van der Waals surface area (Å²) in [4.78, 5) is 37.6. The Morgan fingerprint density at radius 3 is 2.58 bits per heavy atom. The summed E-state index contributed by atoms with van der Waals surface area (Å²) in [5, 5.41) is 2.93. The molecular formula is C25H30N6O2. The number of rotatable bonds is 8. The average Bonchev–Trinajstić information content (AvgIpc) is 3.37. The van der Waals surface area contributed by atoms with Crippen LogP contribution in [-0.2, 0) is 17.8 Å². The molecule has 0 radical (unpaired) electrons. The van der Waals surface area contributed by atoms with Crippen molar-refractivity contribution in [3.63, 3.8) is 0 Å². The quantitative estimate of drug-likeness (QED) is 0.537. The van der Waals surface area contributed by atoms with Crippen molar-refractivity contribution in [1.82, 2.24) is 24.8 Å². The molecule has 1 aliphatic rings. The fourth-order valence-corrected chi connectivity index (χ4v) is 3.96. The minimum Gasteiger partial charge on any atom is -0.353 e. The van der Waals surface area contributed by atoms with Crippen LogP contribution >= 0.6 is 0 Å². The second-order valence-corrected chi connectivity index (χ2v) is 8.29. The predicted octanol–water partition coefficient (Wildman–Crippen LogP) is 2.30. The third-order valence-electron chi connectivity index (χ3n) is 6.01. The molecule has 0 atom stereocenters. The zero-order valence-corrected chi connectivity index (χ0v) is 19.0. The van der Waals surface area contributed by atoms with Gasteiger partial charge in [0.1, 0.15) is 5.82 Å². The van der Waals surface area contributed by atoms with Crippen LogP contribution in [0.3, 0.4) is 0 Å². The lowest BCUT2D eigenvalue weighted by atomic mass is 10.1. The lowest BCUT2D eigenvalue weighted by Crippen LogP contribution is -2.49. The number of benzene rings is 1. The van der Waals surface area contributed by atoms with Gasteiger partial charge in [0.2, 0.25) is 5.91 Å². The fraction of sp³-hybridized carbons (Fsp3) is 0.360. The van der Waals surface area contributed by atoms with Crippen LogP contribution in [0.15, 0.2) is 61.3 Å². The number of aryl methyl sites for hydroxylation is 2. The summed E-state index contributed by atoms with van der Waals surface area (Å²) in [5.41, 5.74) is 2.78. The molecule has 0 unspecified atom stereocenters. The van der Waals surface area contributed by atoms with Crippen LogP contribution in [0, 0.1) is 6.92 Å². The first kappa shape index (κ1) is 22.5. The van der Waals surface area contributed by atoms with Gasteiger partial charge >= 0.3 is 0 Å². The molecule has 0 bridgehead atoms. The highest BCUT2D eigenvalue weighted by molar-refractivity contribution is 5.94. The number of amides is 2. The molecule has 1 aliphatic heterocycles. The summed E-state index contributed by atoms with van der Waals surface area (Å²) in [6.07, 6.45) is 8.32. The smallest absolute Gasteiger partial charge is 0.252 e. The van der Waals surface area contributed by atoms with Gasteiger partial charge in [-0.15, -0.1) is 0 Å². The van der Waals surface area contributed by atoms with Crippen LogP contribution in [0.25, 0.3) is 0 Å². The van der Waals surface area contributed by atoms with E-state index in [1.807, 2.05) is 59.0 Å². The summed E-state index contributed by atoms with van der Waals surface area (Å²) < 4.78 is 1.98. The van der Waals surface area contributed by atoms with Gasteiger partial charge in [-0.05, 0) is 36.6 Å². The fourth-order valence-electron chi connectivity index (χ4n) is 3.96. The lowest BCUT2D eigenvalue weighted by molar-refractivity contribution is -0.130. The van der Waals surface area contributed by atoms with Gasteiger partial charge in [0.25, 0.3) is 5.91 Å². The van der Waals surface area contributed by atoms with Crippen LogP contribution < -0.4 is 10.2 Å². The number of imidazole rings is 1. The molecular weight excluding hydrogens is 416 g/mol. The van der Waals surface area contributed by atoms with E-state index in [2.05, 4.69) is 20.2 Å². The maximum atomic E-state index is 12.7. The normalized spacial score (nSPS) is 13.7. The molecule has 0 saturated carbocycles. The van der Waals surface area contributed by atoms with Gasteiger partial charge in [0.05, 0.1) is 18.3 Å². The third kappa shape index (κ3) is 5.97. The van der Waals surface area contributed by atoms with Crippen molar-refractivity contribution >= 4 is 17.6 Å². The van der Waals surface area contributed by atoms with Crippen LogP contribution in [0.2, 0.25) is 0 Å². The van der Waals surface area contributed by atoms with Crippen molar-refractivity contribution < 1.29 is 9.59 Å². The van der Waals surface area contributed by atoms with E-state index in [4.69, 9.17) is 0 Å².